The number of likely N-dealkylation sites (N-methyl/N-ethyl adjacent to an activating group) is 1. The van der Waals surface area contributed by atoms with Crippen LogP contribution in [0.1, 0.15) is 68.8 Å². The van der Waals surface area contributed by atoms with E-state index in [4.69, 9.17) is 23.7 Å². The molecule has 2 aromatic carbocycles. The molecule has 1 unspecified atom stereocenters. The average Bonchev–Trinajstić information content (AvgIpc) is 3.95. The van der Waals surface area contributed by atoms with Crippen LogP contribution in [0.5, 0.6) is 5.75 Å². The maximum Gasteiger partial charge on any atom is 0.344 e. The molecule has 2 fully saturated rings. The van der Waals surface area contributed by atoms with Gasteiger partial charge in [0.1, 0.15) is 11.2 Å². The van der Waals surface area contributed by atoms with Crippen LogP contribution in [0.25, 0.3) is 10.9 Å². The number of anilines is 1. The number of benzene rings is 2. The smallest absolute Gasteiger partial charge is 0.344 e. The predicted octanol–water partition coefficient (Wildman–Crippen LogP) is 4.59. The number of carbonyl (C=O) groups excluding carboxylic acids is 4. The van der Waals surface area contributed by atoms with Gasteiger partial charge in [-0.1, -0.05) is 55.8 Å². The van der Waals surface area contributed by atoms with Gasteiger partial charge in [0, 0.05) is 90.9 Å². The van der Waals surface area contributed by atoms with Crippen LogP contribution < -0.4 is 9.64 Å². The zero-order chi connectivity index (χ0) is 44.8. The van der Waals surface area contributed by atoms with Gasteiger partial charge in [0.25, 0.3) is 0 Å². The van der Waals surface area contributed by atoms with E-state index < -0.39 is 57.8 Å². The molecule has 0 radical (unpaired) electrons. The van der Waals surface area contributed by atoms with Crippen molar-refractivity contribution in [3.05, 3.63) is 82.6 Å². The molecule has 1 saturated carbocycles. The summed E-state index contributed by atoms with van der Waals surface area (Å²) in [6, 6.07) is 10.6. The molecule has 336 valence electrons. The maximum absolute atomic E-state index is 15.5. The second-order valence-corrected chi connectivity index (χ2v) is 18.6. The van der Waals surface area contributed by atoms with Crippen molar-refractivity contribution in [1.82, 2.24) is 14.8 Å². The van der Waals surface area contributed by atoms with E-state index in [9.17, 15) is 19.5 Å². The van der Waals surface area contributed by atoms with Gasteiger partial charge in [0.2, 0.25) is 5.60 Å². The topological polar surface area (TPSA) is 160 Å². The molecule has 63 heavy (non-hydrogen) atoms. The van der Waals surface area contributed by atoms with Crippen molar-refractivity contribution >= 4 is 40.5 Å². The third-order valence-electron chi connectivity index (χ3n) is 15.8. The summed E-state index contributed by atoms with van der Waals surface area (Å²) in [5.41, 5.74) is -0.230. The standard InChI is InChI=1S/C49H60N4O10/c1-9-29-20-30-24-48(44(56)61-7,39-33(32-14-11-12-15-36(32)50-39)21-31(40(55)60-6)27-52(25-29)26-30)35-22-34-37(23-38(35)59-5)51(4)42-47(34)17-19-53-18-13-16-46(10-2,41(47)53)43(63-28(3)54)49(42,58)45(57)62-8/h11-16,20,22-23,30-31,41-43,50,58H,9-10,17-19,21,24-27H2,1-8H3/t30-,31+,41-,42+,43+,46+,47+,48-,49-/m0/s1. The highest BCUT2D eigenvalue weighted by atomic mass is 16.6. The molecule has 10 atom stereocenters. The van der Waals surface area contributed by atoms with E-state index in [1.807, 2.05) is 61.4 Å². The molecule has 2 bridgehead atoms. The van der Waals surface area contributed by atoms with Crippen molar-refractivity contribution in [3.63, 3.8) is 0 Å². The number of aliphatic hydroxyl groups is 1. The summed E-state index contributed by atoms with van der Waals surface area (Å²) in [7, 11) is 7.52. The highest BCUT2D eigenvalue weighted by Gasteiger charge is 2.80. The van der Waals surface area contributed by atoms with Crippen LogP contribution in [-0.4, -0.2) is 136 Å². The quantitative estimate of drug-likeness (QED) is 0.184. The van der Waals surface area contributed by atoms with E-state index in [-0.39, 0.29) is 17.9 Å². The number of methoxy groups -OCH3 is 4. The number of rotatable bonds is 8. The number of hydrogen-bond acceptors (Lipinski definition) is 13. The van der Waals surface area contributed by atoms with Crippen molar-refractivity contribution < 1.29 is 48.0 Å². The van der Waals surface area contributed by atoms with Crippen LogP contribution in [0.3, 0.4) is 0 Å². The first-order chi connectivity index (χ1) is 30.2. The van der Waals surface area contributed by atoms with E-state index in [2.05, 4.69) is 33.8 Å². The molecule has 1 spiro atoms. The number of nitrogens with zero attached hydrogens (tertiary/aromatic N) is 3. The highest BCUT2D eigenvalue weighted by molar-refractivity contribution is 5.95. The number of hydrogen-bond donors (Lipinski definition) is 2. The third kappa shape index (κ3) is 5.85. The summed E-state index contributed by atoms with van der Waals surface area (Å²) >= 11 is 0. The van der Waals surface area contributed by atoms with Crippen molar-refractivity contribution in [1.29, 1.82) is 0 Å². The normalized spacial score (nSPS) is 34.2. The minimum Gasteiger partial charge on any atom is -0.496 e. The van der Waals surface area contributed by atoms with Gasteiger partial charge >= 0.3 is 23.9 Å². The summed E-state index contributed by atoms with van der Waals surface area (Å²) < 4.78 is 29.5. The fourth-order valence-corrected chi connectivity index (χ4v) is 13.6. The van der Waals surface area contributed by atoms with E-state index in [1.165, 1.54) is 33.8 Å². The number of esters is 4. The Labute approximate surface area is 368 Å². The number of H-pyrrole nitrogens is 1. The minimum atomic E-state index is -2.33. The molecule has 6 heterocycles. The van der Waals surface area contributed by atoms with Crippen LogP contribution >= 0.6 is 0 Å². The second kappa shape index (κ2) is 15.5. The highest BCUT2D eigenvalue weighted by Crippen LogP contribution is 2.68. The van der Waals surface area contributed by atoms with Gasteiger partial charge in [0.05, 0.1) is 40.4 Å². The summed E-state index contributed by atoms with van der Waals surface area (Å²) in [5.74, 6) is -2.60. The fraction of sp³-hybridized carbons (Fsp3) is 0.551. The first-order valence-corrected chi connectivity index (χ1v) is 22.3. The molecule has 2 N–H and O–H groups in total. The molecule has 1 aliphatic carbocycles. The predicted molar refractivity (Wildman–Crippen MR) is 234 cm³/mol. The Bertz CT molecular complexity index is 2440. The monoisotopic (exact) mass is 864 g/mol. The molecule has 5 aliphatic heterocycles. The lowest BCUT2D eigenvalue weighted by Gasteiger charge is -2.63. The van der Waals surface area contributed by atoms with Crippen molar-refractivity contribution in [2.24, 2.45) is 17.3 Å². The Kier molecular flexibility index (Phi) is 10.6. The summed E-state index contributed by atoms with van der Waals surface area (Å²) in [6.45, 7) is 8.49. The van der Waals surface area contributed by atoms with Gasteiger partial charge in [-0.2, -0.15) is 0 Å². The Hall–Kier alpha value is -5.18. The van der Waals surface area contributed by atoms with E-state index in [0.29, 0.717) is 81.1 Å². The van der Waals surface area contributed by atoms with Gasteiger partial charge in [-0.05, 0) is 67.8 Å². The number of aromatic nitrogens is 1. The molecule has 6 aliphatic rings. The molecule has 14 heteroatoms. The summed E-state index contributed by atoms with van der Waals surface area (Å²) in [6.07, 6.45) is 7.48. The lowest BCUT2D eigenvalue weighted by atomic mass is 9.47. The van der Waals surface area contributed by atoms with Gasteiger partial charge in [-0.15, -0.1) is 0 Å². The molecule has 1 saturated heterocycles. The second-order valence-electron chi connectivity index (χ2n) is 18.6. The van der Waals surface area contributed by atoms with Gasteiger partial charge < -0.3 is 38.7 Å². The summed E-state index contributed by atoms with van der Waals surface area (Å²) in [4.78, 5) is 67.2. The van der Waals surface area contributed by atoms with Gasteiger partial charge in [-0.3, -0.25) is 24.2 Å². The Morgan fingerprint density at radius 1 is 0.952 bits per heavy atom. The Balaban J connectivity index is 1.38. The number of aromatic amines is 1. The van der Waals surface area contributed by atoms with Crippen LogP contribution in [0.2, 0.25) is 0 Å². The van der Waals surface area contributed by atoms with Crippen LogP contribution in [0, 0.1) is 17.3 Å². The van der Waals surface area contributed by atoms with Crippen molar-refractivity contribution in [3.8, 4) is 5.75 Å². The van der Waals surface area contributed by atoms with Gasteiger partial charge in [-0.25, -0.2) is 4.79 Å². The SMILES string of the molecule is CCC1=C[C@@H]2CN(C1)C[C@H](C(=O)OC)Cc1c([nH]c3ccccc13)[C@@](C(=O)OC)(c1cc3c(cc1OC)N(C)[C@H]1[C@@](O)(C(=O)OC)[C@H](OC(C)=O)[C@]4(CC)C=CCN5CC[C@]31[C@@H]54)C2. The number of fused-ring (bicyclic) bond motifs is 6. The van der Waals surface area contributed by atoms with Crippen LogP contribution in [0.4, 0.5) is 5.69 Å². The minimum absolute atomic E-state index is 0.156. The lowest BCUT2D eigenvalue weighted by Crippen LogP contribution is -2.81. The molecule has 0 amide bonds. The zero-order valence-electron chi connectivity index (χ0n) is 37.6. The number of ether oxygens (including phenoxy) is 5. The van der Waals surface area contributed by atoms with E-state index >= 15 is 4.79 Å². The number of carbonyl (C=O) groups is 4. The Morgan fingerprint density at radius 3 is 2.40 bits per heavy atom. The lowest BCUT2D eigenvalue weighted by molar-refractivity contribution is -0.228. The maximum atomic E-state index is 15.5. The summed E-state index contributed by atoms with van der Waals surface area (Å²) in [5, 5.41) is 14.3. The van der Waals surface area contributed by atoms with Gasteiger partial charge in [0.15, 0.2) is 6.10 Å². The molecule has 1 aromatic heterocycles. The number of nitrogens with one attached hydrogen (secondary N) is 1. The first-order valence-electron chi connectivity index (χ1n) is 22.3. The average molecular weight is 865 g/mol. The molecular weight excluding hydrogens is 805 g/mol. The molecule has 9 rings (SSSR count). The molecule has 14 nitrogen and oxygen atoms in total. The van der Waals surface area contributed by atoms with Crippen LogP contribution in [0.15, 0.2) is 60.2 Å². The first kappa shape index (κ1) is 43.1. The Morgan fingerprint density at radius 2 is 1.71 bits per heavy atom. The van der Waals surface area contributed by atoms with Crippen LogP contribution in [-0.2, 0) is 55.4 Å². The number of para-hydroxylation sites is 1. The van der Waals surface area contributed by atoms with Crippen molar-refractivity contribution in [2.75, 3.05) is 73.1 Å². The zero-order valence-corrected chi connectivity index (χ0v) is 37.6. The molecular formula is C49H60N4O10. The fourth-order valence-electron chi connectivity index (χ4n) is 13.6. The molecule has 3 aromatic rings. The van der Waals surface area contributed by atoms with Crippen molar-refractivity contribution in [2.45, 2.75) is 87.5 Å². The van der Waals surface area contributed by atoms with E-state index in [0.717, 1.165) is 28.5 Å². The van der Waals surface area contributed by atoms with E-state index in [1.54, 1.807) is 7.11 Å². The third-order valence-corrected chi connectivity index (χ3v) is 15.8. The largest absolute Gasteiger partial charge is 0.496 e.